The molecule has 0 saturated carbocycles. The van der Waals surface area contributed by atoms with E-state index in [-0.39, 0.29) is 21.7 Å². The maximum Gasteiger partial charge on any atom is 0.328 e. The molecule has 0 aromatic heterocycles. The van der Waals surface area contributed by atoms with Crippen molar-refractivity contribution in [1.82, 2.24) is 0 Å². The van der Waals surface area contributed by atoms with Crippen LogP contribution in [0.1, 0.15) is 363 Å². The predicted octanol–water partition coefficient (Wildman–Crippen LogP) is 29.1. The second-order valence-electron chi connectivity index (χ2n) is 35.9. The fourth-order valence-electron chi connectivity index (χ4n) is 12.0. The highest BCUT2D eigenvalue weighted by Crippen LogP contribution is 2.45. The lowest BCUT2D eigenvalue weighted by atomic mass is 9.78. The van der Waals surface area contributed by atoms with E-state index >= 15 is 0 Å². The molecule has 0 aliphatic rings. The number of benzene rings is 4. The Morgan fingerprint density at radius 3 is 0.810 bits per heavy atom. The maximum atomic E-state index is 10.8. The van der Waals surface area contributed by atoms with Gasteiger partial charge in [-0.05, 0) is 229 Å². The van der Waals surface area contributed by atoms with Gasteiger partial charge in [0.15, 0.2) is 0 Å². The Hall–Kier alpha value is -9.16. The lowest BCUT2D eigenvalue weighted by molar-refractivity contribution is -0.132. The third-order valence-electron chi connectivity index (χ3n) is 19.2. The van der Waals surface area contributed by atoms with Gasteiger partial charge in [-0.2, -0.15) is 0 Å². The van der Waals surface area contributed by atoms with E-state index in [4.69, 9.17) is 39.4 Å². The molecule has 12 nitrogen and oxygen atoms in total. The van der Waals surface area contributed by atoms with Crippen LogP contribution in [0.4, 0.5) is 0 Å². The highest BCUT2D eigenvalue weighted by molar-refractivity contribution is 5.83. The van der Waals surface area contributed by atoms with Crippen LogP contribution >= 0.6 is 0 Å². The summed E-state index contributed by atoms with van der Waals surface area (Å²) >= 11 is 0. The maximum absolute atomic E-state index is 10.8. The summed E-state index contributed by atoms with van der Waals surface area (Å²) in [6.07, 6.45) is 36.4. The highest BCUT2D eigenvalue weighted by atomic mass is 16.5. The zero-order valence-electron chi connectivity index (χ0n) is 77.7. The molecule has 0 unspecified atom stereocenters. The van der Waals surface area contributed by atoms with Crippen LogP contribution in [-0.4, -0.2) is 70.7 Å². The van der Waals surface area contributed by atoms with Gasteiger partial charge in [0.05, 0.1) is 26.4 Å². The SMILES string of the molecule is CCCCCOc1c(\C(C)=C/C=C/C(C)=C/C(=O)O)cc(C(C)C)cc1C(C)C.CCCCOc1c(\C(C)=C/C=C/C(C)=C/C(=O)O)cc(C(C)(C)C)cc1C(C)(C)C.CCCCOc1c(\C(C)=C/C=C/C(C)=C/C(=O)O)cc(C(C)C)cc1C(C)C.CCCOc1c(\C(C)=C/C=C/C(C)=C/C(=O)O)cc(C(C)(C)C)cc1C(C)(C)C. The molecule has 640 valence electrons. The van der Waals surface area contributed by atoms with Gasteiger partial charge in [0.1, 0.15) is 23.0 Å². The van der Waals surface area contributed by atoms with Gasteiger partial charge >= 0.3 is 23.9 Å². The first-order valence-electron chi connectivity index (χ1n) is 42.2. The van der Waals surface area contributed by atoms with Crippen LogP contribution in [0.25, 0.3) is 22.3 Å². The molecule has 0 fully saturated rings. The number of hydrogen-bond acceptors (Lipinski definition) is 8. The van der Waals surface area contributed by atoms with Crippen LogP contribution in [-0.2, 0) is 40.8 Å². The molecule has 0 aliphatic heterocycles. The molecule has 4 N–H and O–H groups in total. The summed E-state index contributed by atoms with van der Waals surface area (Å²) in [6, 6.07) is 18.1. The van der Waals surface area contributed by atoms with Crippen molar-refractivity contribution in [3.05, 3.63) is 235 Å². The molecule has 0 atom stereocenters. The van der Waals surface area contributed by atoms with Crippen molar-refractivity contribution in [2.24, 2.45) is 0 Å². The summed E-state index contributed by atoms with van der Waals surface area (Å²) in [5, 5.41) is 35.4. The molecule has 12 heteroatoms. The number of carboxylic acids is 4. The fourth-order valence-corrected chi connectivity index (χ4v) is 12.0. The monoisotopic (exact) mass is 1590 g/mol. The van der Waals surface area contributed by atoms with Crippen molar-refractivity contribution in [2.45, 2.75) is 318 Å². The van der Waals surface area contributed by atoms with Gasteiger partial charge in [0.25, 0.3) is 0 Å². The Balaban J connectivity index is 0.000000774. The number of unbranched alkanes of at least 4 members (excludes halogenated alkanes) is 4. The number of ether oxygens (including phenoxy) is 4. The average molecular weight is 1590 g/mol. The van der Waals surface area contributed by atoms with Crippen LogP contribution in [0.3, 0.4) is 0 Å². The lowest BCUT2D eigenvalue weighted by Crippen LogP contribution is -2.19. The summed E-state index contributed by atoms with van der Waals surface area (Å²) in [7, 11) is 0. The molecule has 0 heterocycles. The van der Waals surface area contributed by atoms with Crippen molar-refractivity contribution in [3.63, 3.8) is 0 Å². The van der Waals surface area contributed by atoms with E-state index in [1.807, 2.05) is 72.9 Å². The van der Waals surface area contributed by atoms with Crippen molar-refractivity contribution in [1.29, 1.82) is 0 Å². The summed E-state index contributed by atoms with van der Waals surface area (Å²) in [6.45, 7) is 71.3. The molecule has 0 saturated heterocycles. The third kappa shape index (κ3) is 38.7. The smallest absolute Gasteiger partial charge is 0.328 e. The lowest BCUT2D eigenvalue weighted by Gasteiger charge is -2.29. The zero-order chi connectivity index (χ0) is 88.8. The Morgan fingerprint density at radius 2 is 0.578 bits per heavy atom. The van der Waals surface area contributed by atoms with Crippen LogP contribution < -0.4 is 18.9 Å². The van der Waals surface area contributed by atoms with Crippen molar-refractivity contribution in [3.8, 4) is 23.0 Å². The van der Waals surface area contributed by atoms with Crippen molar-refractivity contribution >= 4 is 46.2 Å². The van der Waals surface area contributed by atoms with E-state index in [0.29, 0.717) is 65.8 Å². The van der Waals surface area contributed by atoms with Crippen LogP contribution in [0.2, 0.25) is 0 Å². The molecular weight excluding hydrogens is 1440 g/mol. The van der Waals surface area contributed by atoms with Gasteiger partial charge < -0.3 is 39.4 Å². The van der Waals surface area contributed by atoms with Crippen molar-refractivity contribution < 1.29 is 58.6 Å². The minimum Gasteiger partial charge on any atom is -0.493 e. The van der Waals surface area contributed by atoms with Gasteiger partial charge in [0.2, 0.25) is 0 Å². The van der Waals surface area contributed by atoms with E-state index in [1.54, 1.807) is 27.7 Å². The molecule has 4 aromatic carbocycles. The number of rotatable bonds is 36. The number of carbonyl (C=O) groups is 4. The molecule has 0 bridgehead atoms. The molecular formula is C104H152O12. The van der Waals surface area contributed by atoms with Gasteiger partial charge in [-0.15, -0.1) is 0 Å². The average Bonchev–Trinajstić information content (AvgIpc) is 0.783. The van der Waals surface area contributed by atoms with Crippen molar-refractivity contribution in [2.75, 3.05) is 26.4 Å². The van der Waals surface area contributed by atoms with E-state index in [0.717, 1.165) is 113 Å². The number of hydrogen-bond donors (Lipinski definition) is 4. The largest absolute Gasteiger partial charge is 0.493 e. The summed E-state index contributed by atoms with van der Waals surface area (Å²) in [5.74, 6) is 1.77. The van der Waals surface area contributed by atoms with Crippen LogP contribution in [0.5, 0.6) is 23.0 Å². The molecule has 116 heavy (non-hydrogen) atoms. The minimum absolute atomic E-state index is 0.0215. The van der Waals surface area contributed by atoms with Gasteiger partial charge in [0, 0.05) is 57.7 Å². The first-order chi connectivity index (χ1) is 53.9. The summed E-state index contributed by atoms with van der Waals surface area (Å²) in [4.78, 5) is 43.2. The Bertz CT molecular complexity index is 4230. The molecule has 0 amide bonds. The summed E-state index contributed by atoms with van der Waals surface area (Å²) < 4.78 is 25.2. The quantitative estimate of drug-likeness (QED) is 0.0192. The molecule has 0 spiro atoms. The zero-order valence-corrected chi connectivity index (χ0v) is 77.7. The molecule has 0 radical (unpaired) electrons. The normalized spacial score (nSPS) is 13.4. The molecule has 4 aromatic rings. The standard InChI is InChI=1S/C27H40O3.2C26H38O3.C25H36O3/c1-10-11-15-30-25-22(20(3)14-12-13-19(2)16-24(28)29)17-21(26(4,5)6)18-23(25)27(7,8)9;1-10-14-29-24-21(19(3)13-11-12-18(2)15-23(27)28)16-20(25(4,5)6)17-22(24)26(7,8)9;1-8-9-10-14-29-26-23(19(4)5)16-22(18(2)3)17-24(26)21(7)13-11-12-20(6)15-25(27)28;1-8-9-13-28-25-22(18(4)5)15-21(17(2)3)16-23(25)20(7)12-10-11-19(6)14-24(26)27/h12-14,16-18H,10-11,15H2,1-9H3,(H,28,29);11-13,15-17H,10,14H2,1-9H3,(H,27,28);11-13,15-19H,8-10,14H2,1-7H3,(H,27,28);10-12,14-18H,8-9,13H2,1-7H3,(H,26,27)/b13-12+,19-16+,20-14-;12-11+,18-15+,19-13-;12-11+,20-15+,21-13-;11-10+,19-14+,20-12-. The Kier molecular flexibility index (Phi) is 46.2. The van der Waals surface area contributed by atoms with Crippen LogP contribution in [0.15, 0.2) is 168 Å². The van der Waals surface area contributed by atoms with Crippen LogP contribution in [0, 0.1) is 0 Å². The molecule has 0 aliphatic carbocycles. The van der Waals surface area contributed by atoms with E-state index in [9.17, 15) is 19.2 Å². The fraction of sp³-hybridized carbons (Fsp3) is 0.500. The minimum atomic E-state index is -0.934. The van der Waals surface area contributed by atoms with E-state index < -0.39 is 23.9 Å². The predicted molar refractivity (Wildman–Crippen MR) is 495 cm³/mol. The number of aliphatic carboxylic acids is 4. The summed E-state index contributed by atoms with van der Waals surface area (Å²) in [5.41, 5.74) is 21.7. The Labute approximate surface area is 703 Å². The Morgan fingerprint density at radius 1 is 0.319 bits per heavy atom. The number of allylic oxidation sites excluding steroid dienone is 20. The molecule has 4 rings (SSSR count). The van der Waals surface area contributed by atoms with E-state index in [1.165, 1.54) is 81.7 Å². The van der Waals surface area contributed by atoms with Gasteiger partial charge in [-0.25, -0.2) is 19.2 Å². The first-order valence-corrected chi connectivity index (χ1v) is 42.2. The van der Waals surface area contributed by atoms with Gasteiger partial charge in [-0.3, -0.25) is 0 Å². The first kappa shape index (κ1) is 105. The highest BCUT2D eigenvalue weighted by Gasteiger charge is 2.29. The second kappa shape index (κ2) is 51.1. The van der Waals surface area contributed by atoms with E-state index in [2.05, 4.69) is 242 Å². The third-order valence-corrected chi connectivity index (χ3v) is 19.2. The van der Waals surface area contributed by atoms with Gasteiger partial charge in [-0.1, -0.05) is 289 Å². The second-order valence-corrected chi connectivity index (χ2v) is 35.9. The number of carboxylic acid groups (broad SMARTS) is 4. The topological polar surface area (TPSA) is 186 Å².